The molecule has 2 aromatic carbocycles. The molecule has 0 saturated heterocycles. The van der Waals surface area contributed by atoms with Gasteiger partial charge in [-0.2, -0.15) is 0 Å². The Morgan fingerprint density at radius 1 is 1.11 bits per heavy atom. The van der Waals surface area contributed by atoms with Crippen molar-refractivity contribution >= 4 is 34.6 Å². The van der Waals surface area contributed by atoms with Crippen molar-refractivity contribution < 1.29 is 19.5 Å². The average Bonchev–Trinajstić information content (AvgIpc) is 3.12. The molecule has 0 atom stereocenters. The summed E-state index contributed by atoms with van der Waals surface area (Å²) in [7, 11) is 0. The summed E-state index contributed by atoms with van der Waals surface area (Å²) in [4.78, 5) is 31.4. The third-order valence-electron chi connectivity index (χ3n) is 3.62. The maximum atomic E-state index is 11.8. The Labute approximate surface area is 165 Å². The second-order valence-electron chi connectivity index (χ2n) is 5.76. The first-order chi connectivity index (χ1) is 13.6. The van der Waals surface area contributed by atoms with Gasteiger partial charge in [-0.15, -0.1) is 11.3 Å². The molecule has 1 aromatic heterocycles. The van der Waals surface area contributed by atoms with Crippen LogP contribution in [0, 0.1) is 0 Å². The van der Waals surface area contributed by atoms with Crippen LogP contribution in [0.25, 0.3) is 11.1 Å². The number of aliphatic carboxylic acids is 1. The highest BCUT2D eigenvalue weighted by Gasteiger charge is 2.09. The topological polar surface area (TPSA) is 101 Å². The minimum atomic E-state index is -0.974. The molecular formula is C20H17N3O4S. The van der Waals surface area contributed by atoms with E-state index in [4.69, 9.17) is 9.94 Å². The third kappa shape index (κ3) is 5.75. The number of carboxylic acid groups (broad SMARTS) is 1. The molecule has 7 nitrogen and oxygen atoms in total. The van der Waals surface area contributed by atoms with E-state index in [1.54, 1.807) is 5.38 Å². The summed E-state index contributed by atoms with van der Waals surface area (Å²) < 4.78 is 0. The van der Waals surface area contributed by atoms with Crippen LogP contribution >= 0.6 is 11.3 Å². The van der Waals surface area contributed by atoms with Gasteiger partial charge in [0.15, 0.2) is 11.7 Å². The Balaban J connectivity index is 1.45. The zero-order valence-electron chi connectivity index (χ0n) is 14.7. The fourth-order valence-electron chi connectivity index (χ4n) is 2.34. The summed E-state index contributed by atoms with van der Waals surface area (Å²) in [6, 6.07) is 17.8. The summed E-state index contributed by atoms with van der Waals surface area (Å²) in [5.74, 6) is -1.40. The van der Waals surface area contributed by atoms with Crippen LogP contribution in [-0.2, 0) is 20.8 Å². The quantitative estimate of drug-likeness (QED) is 0.450. The number of hydrogen-bond donors (Lipinski definition) is 2. The van der Waals surface area contributed by atoms with E-state index in [0.717, 1.165) is 28.0 Å². The number of nitrogens with one attached hydrogen (secondary N) is 1. The third-order valence-corrected chi connectivity index (χ3v) is 4.43. The van der Waals surface area contributed by atoms with Crippen molar-refractivity contribution in [3.63, 3.8) is 0 Å². The van der Waals surface area contributed by atoms with Crippen LogP contribution in [0.2, 0.25) is 0 Å². The van der Waals surface area contributed by atoms with Gasteiger partial charge in [0.25, 0.3) is 5.91 Å². The molecule has 1 heterocycles. The molecule has 0 aliphatic carbocycles. The van der Waals surface area contributed by atoms with E-state index in [2.05, 4.69) is 15.5 Å². The number of amides is 1. The lowest BCUT2D eigenvalue weighted by Crippen LogP contribution is -2.17. The number of aromatic nitrogens is 1. The molecule has 142 valence electrons. The van der Waals surface area contributed by atoms with E-state index >= 15 is 0 Å². The first-order valence-electron chi connectivity index (χ1n) is 8.37. The zero-order chi connectivity index (χ0) is 19.8. The highest BCUT2D eigenvalue weighted by molar-refractivity contribution is 7.13. The van der Waals surface area contributed by atoms with Crippen LogP contribution in [0.4, 0.5) is 5.13 Å². The van der Waals surface area contributed by atoms with Crippen LogP contribution in [-0.4, -0.2) is 34.8 Å². The van der Waals surface area contributed by atoms with Crippen molar-refractivity contribution in [2.75, 3.05) is 11.9 Å². The number of thiazole rings is 1. The Morgan fingerprint density at radius 3 is 2.54 bits per heavy atom. The lowest BCUT2D eigenvalue weighted by atomic mass is 10.0. The molecule has 3 rings (SSSR count). The summed E-state index contributed by atoms with van der Waals surface area (Å²) in [6.45, 7) is -0.271. The van der Waals surface area contributed by atoms with E-state index in [0.29, 0.717) is 10.8 Å². The van der Waals surface area contributed by atoms with Gasteiger partial charge in [-0.05, 0) is 16.7 Å². The first kappa shape index (κ1) is 19.2. The molecule has 1 amide bonds. The molecule has 0 fully saturated rings. The molecule has 3 aromatic rings. The fraction of sp³-hybridized carbons (Fsp3) is 0.100. The second kappa shape index (κ2) is 9.43. The van der Waals surface area contributed by atoms with Gasteiger partial charge in [0, 0.05) is 5.38 Å². The lowest BCUT2D eigenvalue weighted by molar-refractivity contribution is -0.136. The fourth-order valence-corrected chi connectivity index (χ4v) is 3.07. The van der Waals surface area contributed by atoms with Gasteiger partial charge in [-0.25, -0.2) is 4.98 Å². The summed E-state index contributed by atoms with van der Waals surface area (Å²) in [6.07, 6.45) is 1.34. The van der Waals surface area contributed by atoms with Gasteiger partial charge in [-0.3, -0.25) is 14.9 Å². The SMILES string of the molecule is O=C(O)Cc1csc(NC(=O)CO/N=C/c2ccc(-c3ccccc3)cc2)n1. The predicted octanol–water partition coefficient (Wildman–Crippen LogP) is 3.43. The number of nitrogens with zero attached hydrogens (tertiary/aromatic N) is 2. The van der Waals surface area contributed by atoms with Crippen molar-refractivity contribution in [3.8, 4) is 11.1 Å². The van der Waals surface area contributed by atoms with Crippen molar-refractivity contribution in [2.24, 2.45) is 5.16 Å². The minimum absolute atomic E-state index is 0.184. The van der Waals surface area contributed by atoms with Crippen LogP contribution in [0.5, 0.6) is 0 Å². The minimum Gasteiger partial charge on any atom is -0.481 e. The molecule has 0 aliphatic rings. The molecule has 0 unspecified atom stereocenters. The van der Waals surface area contributed by atoms with Gasteiger partial charge >= 0.3 is 5.97 Å². The number of hydrogen-bond acceptors (Lipinski definition) is 6. The highest BCUT2D eigenvalue weighted by Crippen LogP contribution is 2.19. The van der Waals surface area contributed by atoms with E-state index in [9.17, 15) is 9.59 Å². The zero-order valence-corrected chi connectivity index (χ0v) is 15.6. The van der Waals surface area contributed by atoms with Gasteiger partial charge < -0.3 is 9.94 Å². The van der Waals surface area contributed by atoms with Crippen LogP contribution in [0.3, 0.4) is 0 Å². The number of carbonyl (C=O) groups is 2. The summed E-state index contributed by atoms with van der Waals surface area (Å²) in [5.41, 5.74) is 3.47. The van der Waals surface area contributed by atoms with Crippen LogP contribution in [0.1, 0.15) is 11.3 Å². The average molecular weight is 395 g/mol. The number of anilines is 1. The normalized spacial score (nSPS) is 10.7. The highest BCUT2D eigenvalue weighted by atomic mass is 32.1. The largest absolute Gasteiger partial charge is 0.481 e. The van der Waals surface area contributed by atoms with Gasteiger partial charge in [0.05, 0.1) is 18.3 Å². The monoisotopic (exact) mass is 395 g/mol. The predicted molar refractivity (Wildman–Crippen MR) is 108 cm³/mol. The summed E-state index contributed by atoms with van der Waals surface area (Å²) >= 11 is 1.16. The maximum Gasteiger partial charge on any atom is 0.309 e. The van der Waals surface area contributed by atoms with Crippen molar-refractivity contribution in [1.82, 2.24) is 4.98 Å². The van der Waals surface area contributed by atoms with E-state index in [1.807, 2.05) is 54.6 Å². The maximum absolute atomic E-state index is 11.8. The Bertz CT molecular complexity index is 969. The molecule has 0 radical (unpaired) electrons. The lowest BCUT2D eigenvalue weighted by Gasteiger charge is -2.02. The molecule has 2 N–H and O–H groups in total. The van der Waals surface area contributed by atoms with Crippen LogP contribution < -0.4 is 5.32 Å². The molecule has 0 spiro atoms. The van der Waals surface area contributed by atoms with Crippen molar-refractivity contribution in [2.45, 2.75) is 6.42 Å². The van der Waals surface area contributed by atoms with Crippen LogP contribution in [0.15, 0.2) is 65.1 Å². The molecule has 28 heavy (non-hydrogen) atoms. The van der Waals surface area contributed by atoms with Crippen molar-refractivity contribution in [3.05, 3.63) is 71.2 Å². The number of carbonyl (C=O) groups excluding carboxylic acids is 1. The van der Waals surface area contributed by atoms with Crippen molar-refractivity contribution in [1.29, 1.82) is 0 Å². The molecule has 8 heteroatoms. The van der Waals surface area contributed by atoms with E-state index < -0.39 is 11.9 Å². The second-order valence-corrected chi connectivity index (χ2v) is 6.62. The number of carboxylic acids is 1. The van der Waals surface area contributed by atoms with Gasteiger partial charge in [0.2, 0.25) is 0 Å². The molecule has 0 saturated carbocycles. The summed E-state index contributed by atoms with van der Waals surface area (Å²) in [5, 5.41) is 16.9. The molecule has 0 aliphatic heterocycles. The van der Waals surface area contributed by atoms with E-state index in [-0.39, 0.29) is 13.0 Å². The number of oxime groups is 1. The smallest absolute Gasteiger partial charge is 0.309 e. The van der Waals surface area contributed by atoms with E-state index in [1.165, 1.54) is 6.21 Å². The number of benzene rings is 2. The first-order valence-corrected chi connectivity index (χ1v) is 9.25. The molecule has 0 bridgehead atoms. The Kier molecular flexibility index (Phi) is 6.48. The molecular weight excluding hydrogens is 378 g/mol. The van der Waals surface area contributed by atoms with Gasteiger partial charge in [-0.1, -0.05) is 59.8 Å². The standard InChI is InChI=1S/C20H17N3O4S/c24-18(23-20-22-17(13-28-20)10-19(25)26)12-27-21-11-14-6-8-16(9-7-14)15-4-2-1-3-5-15/h1-9,11,13H,10,12H2,(H,25,26)(H,22,23,24)/b21-11+. The Morgan fingerprint density at radius 2 is 1.82 bits per heavy atom. The van der Waals surface area contributed by atoms with Gasteiger partial charge in [0.1, 0.15) is 0 Å². The number of rotatable bonds is 8. The Hall–Kier alpha value is -3.52.